The summed E-state index contributed by atoms with van der Waals surface area (Å²) in [5.74, 6) is -3.20. The number of aromatic nitrogens is 2. The summed E-state index contributed by atoms with van der Waals surface area (Å²) < 4.78 is 0. The Morgan fingerprint density at radius 3 is 2.09 bits per heavy atom. The zero-order valence-electron chi connectivity index (χ0n) is 29.8. The molecule has 3 aliphatic carbocycles. The molecule has 5 amide bonds. The number of hydrogen-bond donors (Lipinski definition) is 4. The minimum Gasteiger partial charge on any atom is -0.347 e. The van der Waals surface area contributed by atoms with E-state index in [0.717, 1.165) is 64.2 Å². The minimum atomic E-state index is -0.994. The van der Waals surface area contributed by atoms with E-state index < -0.39 is 59.0 Å². The molecular formula is C40H71N7O6S. The molecule has 1 saturated heterocycles. The van der Waals surface area contributed by atoms with Crippen LogP contribution in [-0.4, -0.2) is 86.9 Å². The molecule has 0 aromatic carbocycles. The van der Waals surface area contributed by atoms with Gasteiger partial charge in [-0.1, -0.05) is 89.5 Å². The number of carbonyl (C=O) groups excluding carboxylic acids is 6. The summed E-state index contributed by atoms with van der Waals surface area (Å²) in [6.45, 7) is 7.85. The van der Waals surface area contributed by atoms with Crippen LogP contribution >= 0.6 is 13.5 Å². The maximum Gasteiger partial charge on any atom is 0.289 e. The fraction of sp³-hybridized carbons (Fsp3) is 0.750. The normalized spacial score (nSPS) is 22.0. The van der Waals surface area contributed by atoms with Crippen LogP contribution in [0.4, 0.5) is 0 Å². The second-order valence-electron chi connectivity index (χ2n) is 15.5. The largest absolute Gasteiger partial charge is 0.347 e. The van der Waals surface area contributed by atoms with E-state index in [1.54, 1.807) is 4.90 Å². The Labute approximate surface area is 331 Å². The van der Waals surface area contributed by atoms with Crippen LogP contribution in [0.15, 0.2) is 18.6 Å². The average molecular weight is 778 g/mol. The van der Waals surface area contributed by atoms with E-state index in [9.17, 15) is 28.8 Å². The highest BCUT2D eigenvalue weighted by Gasteiger charge is 2.52. The number of rotatable bonds is 13. The van der Waals surface area contributed by atoms with E-state index in [1.807, 2.05) is 27.7 Å². The van der Waals surface area contributed by atoms with Crippen molar-refractivity contribution in [1.29, 1.82) is 0 Å². The maximum absolute atomic E-state index is 14.6. The molecule has 0 unspecified atom stereocenters. The van der Waals surface area contributed by atoms with Gasteiger partial charge in [-0.15, -0.1) is 0 Å². The number of amides is 5. The number of fused-ring (bicyclic) bond motifs is 1. The Hall–Kier alpha value is -3.55. The minimum absolute atomic E-state index is 0. The lowest BCUT2D eigenvalue weighted by atomic mass is 9.82. The highest BCUT2D eigenvalue weighted by Crippen LogP contribution is 2.43. The Kier molecular flexibility index (Phi) is 20.7. The van der Waals surface area contributed by atoms with Crippen molar-refractivity contribution in [3.63, 3.8) is 0 Å². The van der Waals surface area contributed by atoms with Gasteiger partial charge in [-0.2, -0.15) is 13.5 Å². The molecule has 2 heterocycles. The molecular weight excluding hydrogens is 707 g/mol. The lowest BCUT2D eigenvalue weighted by molar-refractivity contribution is -0.146. The third-order valence-corrected chi connectivity index (χ3v) is 10.7. The van der Waals surface area contributed by atoms with Gasteiger partial charge in [-0.05, 0) is 68.1 Å². The van der Waals surface area contributed by atoms with E-state index in [-0.39, 0.29) is 78.6 Å². The Morgan fingerprint density at radius 2 is 1.52 bits per heavy atom. The fourth-order valence-electron chi connectivity index (χ4n) is 7.87. The van der Waals surface area contributed by atoms with Gasteiger partial charge in [0.1, 0.15) is 23.8 Å². The summed E-state index contributed by atoms with van der Waals surface area (Å²) >= 11 is 0. The molecule has 4 N–H and O–H groups in total. The predicted molar refractivity (Wildman–Crippen MR) is 218 cm³/mol. The molecule has 14 heteroatoms. The SMILES string of the molecule is C.C.C.C.CCC[C@@H](NC(=O)[C@H]1[C@@H]2CCC[C@@H]2CN1C(=O)[C@H](NC(=O)[C@H](NC(=O)c1cnccn1)C1CCCCC1)C(C)(C)C)C(=O)C(=O)NC1CC1.S. The van der Waals surface area contributed by atoms with E-state index in [1.165, 1.54) is 18.6 Å². The van der Waals surface area contributed by atoms with Crippen LogP contribution < -0.4 is 21.3 Å². The van der Waals surface area contributed by atoms with Crippen molar-refractivity contribution in [2.24, 2.45) is 23.2 Å². The first kappa shape index (κ1) is 50.5. The third kappa shape index (κ3) is 12.2. The number of likely N-dealkylation sites (tertiary alicyclic amines) is 1. The van der Waals surface area contributed by atoms with Gasteiger partial charge < -0.3 is 26.2 Å². The smallest absolute Gasteiger partial charge is 0.289 e. The van der Waals surface area contributed by atoms with Crippen molar-refractivity contribution in [2.75, 3.05) is 6.54 Å². The molecule has 0 radical (unpaired) electrons. The number of nitrogens with zero attached hydrogens (tertiary/aromatic N) is 3. The average Bonchev–Trinajstić information content (AvgIpc) is 3.65. The molecule has 54 heavy (non-hydrogen) atoms. The number of Topliss-reactive ketones (excluding diaryl/α,β-unsaturated/α-hetero) is 1. The monoisotopic (exact) mass is 778 g/mol. The lowest BCUT2D eigenvalue weighted by Gasteiger charge is -2.38. The van der Waals surface area contributed by atoms with Crippen LogP contribution in [0, 0.1) is 23.2 Å². The second kappa shape index (κ2) is 22.1. The van der Waals surface area contributed by atoms with Crippen LogP contribution in [0.2, 0.25) is 0 Å². The summed E-state index contributed by atoms with van der Waals surface area (Å²) in [5, 5.41) is 11.5. The quantitative estimate of drug-likeness (QED) is 0.200. The molecule has 1 aromatic heterocycles. The molecule has 4 fully saturated rings. The van der Waals surface area contributed by atoms with Crippen molar-refractivity contribution >= 4 is 48.8 Å². The zero-order valence-corrected chi connectivity index (χ0v) is 30.8. The van der Waals surface area contributed by atoms with E-state index in [4.69, 9.17) is 0 Å². The van der Waals surface area contributed by atoms with Crippen molar-refractivity contribution in [1.82, 2.24) is 36.1 Å². The molecule has 4 aliphatic rings. The van der Waals surface area contributed by atoms with Gasteiger partial charge in [0.05, 0.1) is 12.2 Å². The van der Waals surface area contributed by atoms with Crippen molar-refractivity contribution < 1.29 is 28.8 Å². The highest BCUT2D eigenvalue weighted by atomic mass is 32.1. The topological polar surface area (TPSA) is 180 Å². The van der Waals surface area contributed by atoms with E-state index in [0.29, 0.717) is 19.4 Å². The van der Waals surface area contributed by atoms with Crippen molar-refractivity contribution in [3.8, 4) is 0 Å². The van der Waals surface area contributed by atoms with E-state index in [2.05, 4.69) is 31.2 Å². The van der Waals surface area contributed by atoms with Crippen LogP contribution in [0.25, 0.3) is 0 Å². The Balaban J connectivity index is 0.00000562. The standard InChI is InChI=1S/C36H53N7O6.4CH4.H2S/c1-5-10-25(29(44)34(48)39-23-15-16-23)40-33(47)28-24-14-9-13-22(24)20-43(28)35(49)30(36(2,3)4)42-32(46)27(21-11-7-6-8-12-21)41-31(45)26-19-37-17-18-38-26;;;;;/h17-19,21-25,27-28,30H,5-16,20H2,1-4H3,(H,39,48)(H,40,47)(H,41,45)(H,42,46);4*1H4;1H2/t22-,24-,25-,27-,28-,30+;;;;;/m1...../s1. The van der Waals surface area contributed by atoms with Crippen LogP contribution in [-0.2, 0) is 24.0 Å². The first-order valence-electron chi connectivity index (χ1n) is 18.2. The highest BCUT2D eigenvalue weighted by molar-refractivity contribution is 7.59. The number of carbonyl (C=O) groups is 6. The Morgan fingerprint density at radius 1 is 0.852 bits per heavy atom. The summed E-state index contributed by atoms with van der Waals surface area (Å²) in [5.41, 5.74) is -0.638. The number of ketones is 1. The maximum atomic E-state index is 14.6. The molecule has 308 valence electrons. The summed E-state index contributed by atoms with van der Waals surface area (Å²) in [6, 6.07) is -3.68. The molecule has 1 aromatic rings. The first-order chi connectivity index (χ1) is 23.4. The molecule has 5 rings (SSSR count). The summed E-state index contributed by atoms with van der Waals surface area (Å²) in [4.78, 5) is 91.4. The van der Waals surface area contributed by atoms with Gasteiger partial charge in [0, 0.05) is 25.0 Å². The van der Waals surface area contributed by atoms with Gasteiger partial charge in [-0.3, -0.25) is 33.8 Å². The fourth-order valence-corrected chi connectivity index (χ4v) is 7.87. The van der Waals surface area contributed by atoms with Crippen molar-refractivity contribution in [3.05, 3.63) is 24.3 Å². The zero-order chi connectivity index (χ0) is 35.3. The van der Waals surface area contributed by atoms with Gasteiger partial charge in [0.15, 0.2) is 0 Å². The summed E-state index contributed by atoms with van der Waals surface area (Å²) in [6.07, 6.45) is 13.9. The Bertz CT molecular complexity index is 1400. The third-order valence-electron chi connectivity index (χ3n) is 10.7. The van der Waals surface area contributed by atoms with Gasteiger partial charge in [-0.25, -0.2) is 4.98 Å². The van der Waals surface area contributed by atoms with E-state index >= 15 is 0 Å². The van der Waals surface area contributed by atoms with Gasteiger partial charge in [0.2, 0.25) is 23.5 Å². The second-order valence-corrected chi connectivity index (χ2v) is 15.5. The van der Waals surface area contributed by atoms with Crippen LogP contribution in [0.3, 0.4) is 0 Å². The molecule has 6 atom stereocenters. The lowest BCUT2D eigenvalue weighted by Crippen LogP contribution is -2.62. The molecule has 1 aliphatic heterocycles. The molecule has 3 saturated carbocycles. The van der Waals surface area contributed by atoms with Crippen LogP contribution in [0.1, 0.15) is 145 Å². The molecule has 13 nitrogen and oxygen atoms in total. The van der Waals surface area contributed by atoms with Crippen molar-refractivity contribution in [2.45, 2.75) is 165 Å². The van der Waals surface area contributed by atoms with Crippen LogP contribution in [0.5, 0.6) is 0 Å². The number of nitrogens with one attached hydrogen (secondary N) is 4. The first-order valence-corrected chi connectivity index (χ1v) is 18.2. The van der Waals surface area contributed by atoms with Gasteiger partial charge in [0.25, 0.3) is 11.8 Å². The molecule has 0 bridgehead atoms. The summed E-state index contributed by atoms with van der Waals surface area (Å²) in [7, 11) is 0. The number of hydrogen-bond acceptors (Lipinski definition) is 8. The predicted octanol–water partition coefficient (Wildman–Crippen LogP) is 5.10. The molecule has 0 spiro atoms. The van der Waals surface area contributed by atoms with Gasteiger partial charge >= 0.3 is 0 Å².